The maximum atomic E-state index is 11.1. The molecule has 0 saturated heterocycles. The lowest BCUT2D eigenvalue weighted by Crippen LogP contribution is -2.03. The summed E-state index contributed by atoms with van der Waals surface area (Å²) in [6.07, 6.45) is 3.56. The number of rotatable bonds is 0. The zero-order valence-electron chi connectivity index (χ0n) is 5.04. The van der Waals surface area contributed by atoms with E-state index in [1.165, 1.54) is 0 Å². The molecule has 0 aliphatic carbocycles. The van der Waals surface area contributed by atoms with E-state index in [9.17, 15) is 4.79 Å². The summed E-state index contributed by atoms with van der Waals surface area (Å²) in [6.45, 7) is 0. The van der Waals surface area contributed by atoms with Gasteiger partial charge in [0.1, 0.15) is 0 Å². The van der Waals surface area contributed by atoms with Crippen molar-refractivity contribution in [3.8, 4) is 0 Å². The molecular weight excluding hydrogens is 194 g/mol. The molecule has 0 fully saturated rings. The van der Waals surface area contributed by atoms with Crippen LogP contribution in [0.5, 0.6) is 0 Å². The molecule has 2 heterocycles. The Hall–Kier alpha value is -0.830. The van der Waals surface area contributed by atoms with Crippen LogP contribution in [0.25, 0.3) is 6.08 Å². The Balaban J connectivity index is 2.68. The lowest BCUT2D eigenvalue weighted by Gasteiger charge is -1.91. The Kier molecular flexibility index (Phi) is 1.08. The number of halogens is 1. The van der Waals surface area contributed by atoms with Crippen molar-refractivity contribution in [1.82, 2.24) is 4.57 Å². The first-order valence-electron chi connectivity index (χ1n) is 2.88. The van der Waals surface area contributed by atoms with Crippen molar-refractivity contribution in [3.63, 3.8) is 0 Å². The number of hydrogen-bond donors (Lipinski definition) is 0. The highest BCUT2D eigenvalue weighted by Crippen LogP contribution is 2.22. The highest BCUT2D eigenvalue weighted by atomic mass is 79.9. The maximum Gasteiger partial charge on any atom is 0.269 e. The summed E-state index contributed by atoms with van der Waals surface area (Å²) in [5, 5.41) is 0. The monoisotopic (exact) mass is 197 g/mol. The van der Waals surface area contributed by atoms with Crippen LogP contribution in [0.15, 0.2) is 22.8 Å². The van der Waals surface area contributed by atoms with E-state index in [4.69, 9.17) is 0 Å². The molecule has 0 atom stereocenters. The maximum absolute atomic E-state index is 11.1. The van der Waals surface area contributed by atoms with E-state index in [0.717, 1.165) is 5.69 Å². The molecule has 0 unspecified atom stereocenters. The van der Waals surface area contributed by atoms with E-state index in [2.05, 4.69) is 15.9 Å². The van der Waals surface area contributed by atoms with Gasteiger partial charge in [-0.1, -0.05) is 0 Å². The van der Waals surface area contributed by atoms with Crippen LogP contribution in [0.2, 0.25) is 0 Å². The molecule has 1 aromatic rings. The van der Waals surface area contributed by atoms with Crippen LogP contribution in [0.3, 0.4) is 0 Å². The molecule has 10 heavy (non-hydrogen) atoms. The molecule has 50 valence electrons. The average molecular weight is 198 g/mol. The Morgan fingerprint density at radius 1 is 1.50 bits per heavy atom. The molecule has 0 radical (unpaired) electrons. The Morgan fingerprint density at radius 3 is 3.00 bits per heavy atom. The van der Waals surface area contributed by atoms with Crippen molar-refractivity contribution in [2.75, 3.05) is 0 Å². The van der Waals surface area contributed by atoms with Crippen LogP contribution >= 0.6 is 15.9 Å². The van der Waals surface area contributed by atoms with Gasteiger partial charge >= 0.3 is 0 Å². The molecule has 0 bridgehead atoms. The molecule has 1 aliphatic rings. The number of fused-ring (bicyclic) bond motifs is 1. The highest BCUT2D eigenvalue weighted by Gasteiger charge is 2.17. The van der Waals surface area contributed by atoms with Crippen molar-refractivity contribution in [3.05, 3.63) is 28.5 Å². The highest BCUT2D eigenvalue weighted by molar-refractivity contribution is 9.12. The number of nitrogens with zero attached hydrogens (tertiary/aromatic N) is 1. The van der Waals surface area contributed by atoms with Crippen LogP contribution in [0, 0.1) is 0 Å². The van der Waals surface area contributed by atoms with Gasteiger partial charge in [-0.3, -0.25) is 9.36 Å². The van der Waals surface area contributed by atoms with E-state index < -0.39 is 0 Å². The lowest BCUT2D eigenvalue weighted by molar-refractivity contribution is 0.0971. The first-order valence-corrected chi connectivity index (χ1v) is 3.67. The molecule has 0 spiro atoms. The number of aromatic nitrogens is 1. The fourth-order valence-electron chi connectivity index (χ4n) is 1.00. The normalized spacial score (nSPS) is 15.3. The van der Waals surface area contributed by atoms with Crippen LogP contribution < -0.4 is 0 Å². The topological polar surface area (TPSA) is 22.0 Å². The fraction of sp³-hybridized carbons (Fsp3) is 0. The predicted octanol–water partition coefficient (Wildman–Crippen LogP) is 1.88. The van der Waals surface area contributed by atoms with Gasteiger partial charge in [-0.2, -0.15) is 0 Å². The van der Waals surface area contributed by atoms with Gasteiger partial charge in [0.15, 0.2) is 0 Å². The Morgan fingerprint density at radius 2 is 2.30 bits per heavy atom. The zero-order chi connectivity index (χ0) is 7.14. The summed E-state index contributed by atoms with van der Waals surface area (Å²) in [6, 6.07) is 3.75. The predicted molar refractivity (Wildman–Crippen MR) is 42.0 cm³/mol. The molecule has 0 amide bonds. The van der Waals surface area contributed by atoms with Crippen LogP contribution in [0.1, 0.15) is 10.5 Å². The molecule has 0 N–H and O–H groups in total. The fourth-order valence-corrected chi connectivity index (χ4v) is 1.43. The van der Waals surface area contributed by atoms with Crippen molar-refractivity contribution in [2.45, 2.75) is 0 Å². The summed E-state index contributed by atoms with van der Waals surface area (Å²) in [7, 11) is 0. The third-order valence-corrected chi connectivity index (χ3v) is 2.05. The molecule has 2 rings (SSSR count). The van der Waals surface area contributed by atoms with Gasteiger partial charge in [-0.05, 0) is 34.1 Å². The van der Waals surface area contributed by atoms with Crippen molar-refractivity contribution >= 4 is 27.9 Å². The minimum absolute atomic E-state index is 0.0139. The average Bonchev–Trinajstić information content (AvgIpc) is 2.41. The summed E-state index contributed by atoms with van der Waals surface area (Å²) < 4.78 is 2.23. The van der Waals surface area contributed by atoms with Gasteiger partial charge in [0, 0.05) is 11.9 Å². The Bertz CT molecular complexity index is 324. The van der Waals surface area contributed by atoms with Gasteiger partial charge < -0.3 is 0 Å². The van der Waals surface area contributed by atoms with E-state index >= 15 is 0 Å². The molecule has 3 heteroatoms. The lowest BCUT2D eigenvalue weighted by atomic mass is 10.4. The molecule has 0 aromatic carbocycles. The van der Waals surface area contributed by atoms with Gasteiger partial charge in [0.2, 0.25) is 0 Å². The number of carbonyl (C=O) groups is 1. The molecule has 2 nitrogen and oxygen atoms in total. The number of allylic oxidation sites excluding steroid dienone is 1. The summed E-state index contributed by atoms with van der Waals surface area (Å²) in [5.74, 6) is 0.0139. The summed E-state index contributed by atoms with van der Waals surface area (Å²) >= 11 is 3.15. The van der Waals surface area contributed by atoms with Crippen LogP contribution in [-0.2, 0) is 0 Å². The van der Waals surface area contributed by atoms with Crippen molar-refractivity contribution in [2.24, 2.45) is 0 Å². The van der Waals surface area contributed by atoms with Crippen LogP contribution in [-0.4, -0.2) is 10.5 Å². The standard InChI is InChI=1S/C7H4BrNO/c8-6-4-5-2-1-3-9(5)7(6)10/h1-4H. The molecule has 1 aliphatic heterocycles. The van der Waals surface area contributed by atoms with E-state index in [0.29, 0.717) is 4.48 Å². The first-order chi connectivity index (χ1) is 4.79. The van der Waals surface area contributed by atoms with Crippen molar-refractivity contribution in [1.29, 1.82) is 0 Å². The number of carbonyl (C=O) groups excluding carboxylic acids is 1. The van der Waals surface area contributed by atoms with Gasteiger partial charge in [0.25, 0.3) is 5.91 Å². The number of hydrogen-bond acceptors (Lipinski definition) is 1. The quantitative estimate of drug-likeness (QED) is 0.623. The van der Waals surface area contributed by atoms with Gasteiger partial charge in [0.05, 0.1) is 4.48 Å². The van der Waals surface area contributed by atoms with Crippen LogP contribution in [0.4, 0.5) is 0 Å². The third-order valence-electron chi connectivity index (χ3n) is 1.48. The summed E-state index contributed by atoms with van der Waals surface area (Å²) in [5.41, 5.74) is 0.942. The third kappa shape index (κ3) is 0.609. The first kappa shape index (κ1) is 5.92. The summed E-state index contributed by atoms with van der Waals surface area (Å²) in [4.78, 5) is 11.1. The second-order valence-electron chi connectivity index (χ2n) is 2.10. The van der Waals surface area contributed by atoms with E-state index in [-0.39, 0.29) is 5.91 Å². The minimum atomic E-state index is 0.0139. The van der Waals surface area contributed by atoms with E-state index in [1.807, 2.05) is 18.2 Å². The van der Waals surface area contributed by atoms with Gasteiger partial charge in [-0.15, -0.1) is 0 Å². The second kappa shape index (κ2) is 1.83. The minimum Gasteiger partial charge on any atom is -0.283 e. The Labute approximate surface area is 66.3 Å². The molecule has 0 saturated carbocycles. The zero-order valence-corrected chi connectivity index (χ0v) is 6.63. The molecule has 1 aromatic heterocycles. The van der Waals surface area contributed by atoms with E-state index in [1.54, 1.807) is 10.8 Å². The van der Waals surface area contributed by atoms with Gasteiger partial charge in [-0.25, -0.2) is 0 Å². The molecular formula is C7H4BrNO. The largest absolute Gasteiger partial charge is 0.283 e. The smallest absolute Gasteiger partial charge is 0.269 e. The van der Waals surface area contributed by atoms with Crippen molar-refractivity contribution < 1.29 is 4.79 Å². The second-order valence-corrected chi connectivity index (χ2v) is 2.95. The SMILES string of the molecule is O=C1C(Br)=Cc2cccn21.